The Kier molecular flexibility index (Phi) is 5.68. The number of aromatic nitrogens is 1. The largest absolute Gasteiger partial charge is 0.478 e. The van der Waals surface area contributed by atoms with Gasteiger partial charge in [-0.05, 0) is 30.2 Å². The predicted molar refractivity (Wildman–Crippen MR) is 89.7 cm³/mol. The van der Waals surface area contributed by atoms with Crippen LogP contribution in [0.3, 0.4) is 0 Å². The fraction of sp³-hybridized carbons (Fsp3) is 0.167. The standard InChI is InChI=1S/C14H14N2.C4H4O4/c1-11-14-5-3-2-4-12(14)10-16(11)13-6-8-15-9-7-13;5-3(6)1-2-4(7)8/h2-9,11H,10H2,1H3;1-2H,(H,5,6)(H,7,8). The van der Waals surface area contributed by atoms with E-state index in [0.717, 1.165) is 6.54 Å². The lowest BCUT2D eigenvalue weighted by atomic mass is 10.1. The Labute approximate surface area is 139 Å². The first-order valence-electron chi connectivity index (χ1n) is 7.37. The molecule has 0 amide bonds. The minimum absolute atomic E-state index is 0.457. The van der Waals surface area contributed by atoms with Gasteiger partial charge >= 0.3 is 11.9 Å². The van der Waals surface area contributed by atoms with Crippen molar-refractivity contribution in [1.29, 1.82) is 0 Å². The topological polar surface area (TPSA) is 90.7 Å². The molecule has 1 unspecified atom stereocenters. The summed E-state index contributed by atoms with van der Waals surface area (Å²) in [7, 11) is 0. The molecule has 24 heavy (non-hydrogen) atoms. The average molecular weight is 326 g/mol. The highest BCUT2D eigenvalue weighted by atomic mass is 16.4. The lowest BCUT2D eigenvalue weighted by Crippen LogP contribution is -2.18. The summed E-state index contributed by atoms with van der Waals surface area (Å²) in [6, 6.07) is 13.3. The molecule has 1 aromatic heterocycles. The number of rotatable bonds is 3. The van der Waals surface area contributed by atoms with Crippen molar-refractivity contribution in [3.8, 4) is 0 Å². The van der Waals surface area contributed by atoms with Crippen LogP contribution >= 0.6 is 0 Å². The first kappa shape index (κ1) is 17.2. The number of hydrogen-bond acceptors (Lipinski definition) is 4. The van der Waals surface area contributed by atoms with Crippen molar-refractivity contribution in [3.63, 3.8) is 0 Å². The van der Waals surface area contributed by atoms with Gasteiger partial charge in [0.2, 0.25) is 0 Å². The van der Waals surface area contributed by atoms with Crippen molar-refractivity contribution in [3.05, 3.63) is 72.1 Å². The molecule has 0 saturated carbocycles. The SMILES string of the molecule is CC1c2ccccc2CN1c1ccncc1.O=C(O)C=CC(=O)O. The minimum Gasteiger partial charge on any atom is -0.478 e. The van der Waals surface area contributed by atoms with Crippen molar-refractivity contribution in [2.24, 2.45) is 0 Å². The molecule has 0 fully saturated rings. The van der Waals surface area contributed by atoms with Gasteiger partial charge in [0.1, 0.15) is 0 Å². The summed E-state index contributed by atoms with van der Waals surface area (Å²) in [6.07, 6.45) is 4.82. The quantitative estimate of drug-likeness (QED) is 0.843. The Bertz CT molecular complexity index is 728. The van der Waals surface area contributed by atoms with E-state index in [2.05, 4.69) is 53.2 Å². The number of nitrogens with zero attached hydrogens (tertiary/aromatic N) is 2. The summed E-state index contributed by atoms with van der Waals surface area (Å²) in [5.74, 6) is -2.51. The number of anilines is 1. The average Bonchev–Trinajstić information content (AvgIpc) is 2.92. The summed E-state index contributed by atoms with van der Waals surface area (Å²) in [5.41, 5.74) is 4.13. The van der Waals surface area contributed by atoms with Gasteiger partial charge in [0.15, 0.2) is 0 Å². The highest BCUT2D eigenvalue weighted by Gasteiger charge is 2.25. The maximum Gasteiger partial charge on any atom is 0.328 e. The van der Waals surface area contributed by atoms with Gasteiger partial charge in [-0.3, -0.25) is 4.98 Å². The van der Waals surface area contributed by atoms with Gasteiger partial charge in [-0.25, -0.2) is 9.59 Å². The van der Waals surface area contributed by atoms with E-state index in [1.165, 1.54) is 16.8 Å². The van der Waals surface area contributed by atoms with Crippen LogP contribution in [-0.2, 0) is 16.1 Å². The maximum absolute atomic E-state index is 9.55. The zero-order valence-electron chi connectivity index (χ0n) is 13.2. The molecule has 2 heterocycles. The number of carbonyl (C=O) groups is 2. The van der Waals surface area contributed by atoms with E-state index in [4.69, 9.17) is 10.2 Å². The van der Waals surface area contributed by atoms with Gasteiger partial charge in [0, 0.05) is 36.8 Å². The fourth-order valence-corrected chi connectivity index (χ4v) is 2.57. The van der Waals surface area contributed by atoms with Gasteiger partial charge in [0.25, 0.3) is 0 Å². The Morgan fingerprint density at radius 1 is 1.08 bits per heavy atom. The van der Waals surface area contributed by atoms with Crippen molar-refractivity contribution < 1.29 is 19.8 Å². The van der Waals surface area contributed by atoms with Gasteiger partial charge < -0.3 is 15.1 Å². The molecule has 1 atom stereocenters. The first-order chi connectivity index (χ1) is 11.5. The summed E-state index contributed by atoms with van der Waals surface area (Å²) in [4.78, 5) is 25.6. The molecule has 0 spiro atoms. The summed E-state index contributed by atoms with van der Waals surface area (Å²) in [6.45, 7) is 3.26. The van der Waals surface area contributed by atoms with E-state index in [-0.39, 0.29) is 0 Å². The van der Waals surface area contributed by atoms with Gasteiger partial charge in [-0.15, -0.1) is 0 Å². The molecule has 2 N–H and O–H groups in total. The van der Waals surface area contributed by atoms with Crippen LogP contribution < -0.4 is 4.90 Å². The third-order valence-electron chi connectivity index (χ3n) is 3.68. The van der Waals surface area contributed by atoms with Crippen molar-refractivity contribution >= 4 is 17.6 Å². The van der Waals surface area contributed by atoms with E-state index in [1.807, 2.05) is 12.4 Å². The van der Waals surface area contributed by atoms with Crippen LogP contribution in [0.2, 0.25) is 0 Å². The minimum atomic E-state index is -1.26. The van der Waals surface area contributed by atoms with Crippen LogP contribution in [0.15, 0.2) is 60.9 Å². The number of benzene rings is 1. The molecule has 2 aromatic rings. The number of carboxylic acids is 2. The molecule has 0 bridgehead atoms. The van der Waals surface area contributed by atoms with Gasteiger partial charge in [-0.2, -0.15) is 0 Å². The Balaban J connectivity index is 0.000000224. The molecule has 0 radical (unpaired) electrons. The molecule has 1 aliphatic heterocycles. The third-order valence-corrected chi connectivity index (χ3v) is 3.68. The van der Waals surface area contributed by atoms with Crippen LogP contribution in [0.4, 0.5) is 5.69 Å². The normalized spacial score (nSPS) is 15.5. The Morgan fingerprint density at radius 2 is 1.67 bits per heavy atom. The molecular weight excluding hydrogens is 308 g/mol. The molecule has 0 saturated heterocycles. The second-order valence-corrected chi connectivity index (χ2v) is 5.22. The Hall–Kier alpha value is -3.15. The molecule has 1 aromatic carbocycles. The number of carboxylic acid groups (broad SMARTS) is 2. The molecule has 6 nitrogen and oxygen atoms in total. The van der Waals surface area contributed by atoms with Crippen LogP contribution in [-0.4, -0.2) is 27.1 Å². The lowest BCUT2D eigenvalue weighted by Gasteiger charge is -2.23. The zero-order chi connectivity index (χ0) is 17.5. The third kappa shape index (κ3) is 4.42. The molecule has 1 aliphatic rings. The second kappa shape index (κ2) is 7.92. The number of hydrogen-bond donors (Lipinski definition) is 2. The van der Waals surface area contributed by atoms with E-state index < -0.39 is 11.9 Å². The molecule has 3 rings (SSSR count). The summed E-state index contributed by atoms with van der Waals surface area (Å²) in [5, 5.41) is 15.6. The number of pyridine rings is 1. The molecule has 0 aliphatic carbocycles. The smallest absolute Gasteiger partial charge is 0.328 e. The van der Waals surface area contributed by atoms with Crippen molar-refractivity contribution in [2.75, 3.05) is 4.90 Å². The molecule has 124 valence electrons. The van der Waals surface area contributed by atoms with Crippen molar-refractivity contribution in [1.82, 2.24) is 4.98 Å². The second-order valence-electron chi connectivity index (χ2n) is 5.22. The van der Waals surface area contributed by atoms with E-state index in [9.17, 15) is 9.59 Å². The monoisotopic (exact) mass is 326 g/mol. The van der Waals surface area contributed by atoms with Gasteiger partial charge in [-0.1, -0.05) is 24.3 Å². The van der Waals surface area contributed by atoms with Crippen LogP contribution in [0.5, 0.6) is 0 Å². The number of aliphatic carboxylic acids is 2. The predicted octanol–water partition coefficient (Wildman–Crippen LogP) is 2.87. The van der Waals surface area contributed by atoms with Crippen LogP contribution in [0.1, 0.15) is 24.1 Å². The maximum atomic E-state index is 9.55. The first-order valence-corrected chi connectivity index (χ1v) is 7.37. The van der Waals surface area contributed by atoms with E-state index in [0.29, 0.717) is 18.2 Å². The zero-order valence-corrected chi connectivity index (χ0v) is 13.2. The van der Waals surface area contributed by atoms with E-state index >= 15 is 0 Å². The molecule has 6 heteroatoms. The fourth-order valence-electron chi connectivity index (χ4n) is 2.57. The highest BCUT2D eigenvalue weighted by molar-refractivity contribution is 5.89. The number of fused-ring (bicyclic) bond motifs is 1. The lowest BCUT2D eigenvalue weighted by molar-refractivity contribution is -0.134. The summed E-state index contributed by atoms with van der Waals surface area (Å²) < 4.78 is 0. The highest BCUT2D eigenvalue weighted by Crippen LogP contribution is 2.36. The van der Waals surface area contributed by atoms with Crippen LogP contribution in [0, 0.1) is 0 Å². The molecular formula is C18H18N2O4. The van der Waals surface area contributed by atoms with Gasteiger partial charge in [0.05, 0.1) is 6.04 Å². The van der Waals surface area contributed by atoms with E-state index in [1.54, 1.807) is 0 Å². The Morgan fingerprint density at radius 3 is 2.21 bits per heavy atom. The van der Waals surface area contributed by atoms with Crippen molar-refractivity contribution in [2.45, 2.75) is 19.5 Å². The summed E-state index contributed by atoms with van der Waals surface area (Å²) >= 11 is 0. The van der Waals surface area contributed by atoms with Crippen LogP contribution in [0.25, 0.3) is 0 Å².